The second-order valence-corrected chi connectivity index (χ2v) is 4.76. The SMILES string of the molecule is COCC(C)N(C)c1nc2ccccn2c1CCN. The molecule has 2 rings (SSSR count). The highest BCUT2D eigenvalue weighted by Crippen LogP contribution is 2.22. The topological polar surface area (TPSA) is 55.8 Å². The Morgan fingerprint density at radius 2 is 2.26 bits per heavy atom. The van der Waals surface area contributed by atoms with Crippen molar-refractivity contribution in [2.24, 2.45) is 5.73 Å². The number of fused-ring (bicyclic) bond motifs is 1. The lowest BCUT2D eigenvalue weighted by atomic mass is 10.2. The first-order chi connectivity index (χ1) is 9.19. The van der Waals surface area contributed by atoms with Crippen LogP contribution in [-0.4, -0.2) is 42.7 Å². The summed E-state index contributed by atoms with van der Waals surface area (Å²) >= 11 is 0. The fourth-order valence-corrected chi connectivity index (χ4v) is 2.25. The molecule has 0 spiro atoms. The molecule has 5 nitrogen and oxygen atoms in total. The van der Waals surface area contributed by atoms with Crippen LogP contribution in [0.2, 0.25) is 0 Å². The Balaban J connectivity index is 2.43. The van der Waals surface area contributed by atoms with Gasteiger partial charge in [0.2, 0.25) is 0 Å². The number of nitrogens with zero attached hydrogens (tertiary/aromatic N) is 3. The molecular weight excluding hydrogens is 240 g/mol. The van der Waals surface area contributed by atoms with Crippen LogP contribution in [0.15, 0.2) is 24.4 Å². The van der Waals surface area contributed by atoms with Gasteiger partial charge in [0.15, 0.2) is 5.82 Å². The minimum Gasteiger partial charge on any atom is -0.383 e. The van der Waals surface area contributed by atoms with Gasteiger partial charge in [0, 0.05) is 26.8 Å². The maximum Gasteiger partial charge on any atom is 0.151 e. The summed E-state index contributed by atoms with van der Waals surface area (Å²) in [6, 6.07) is 6.29. The number of likely N-dealkylation sites (N-methyl/N-ethyl adjacent to an activating group) is 1. The summed E-state index contributed by atoms with van der Waals surface area (Å²) in [5.74, 6) is 0.987. The van der Waals surface area contributed by atoms with Gasteiger partial charge in [-0.15, -0.1) is 0 Å². The Bertz CT molecular complexity index is 537. The van der Waals surface area contributed by atoms with Crippen LogP contribution in [-0.2, 0) is 11.2 Å². The van der Waals surface area contributed by atoms with E-state index in [4.69, 9.17) is 15.5 Å². The van der Waals surface area contributed by atoms with Crippen LogP contribution >= 0.6 is 0 Å². The van der Waals surface area contributed by atoms with Crippen LogP contribution in [0.5, 0.6) is 0 Å². The number of pyridine rings is 1. The van der Waals surface area contributed by atoms with Crippen molar-refractivity contribution in [3.63, 3.8) is 0 Å². The standard InChI is InChI=1S/C14H22N4O/c1-11(10-19-3)17(2)14-12(7-8-15)18-9-5-4-6-13(18)16-14/h4-6,9,11H,7-8,10,15H2,1-3H3. The van der Waals surface area contributed by atoms with Crippen LogP contribution in [0, 0.1) is 0 Å². The third-order valence-electron chi connectivity index (χ3n) is 3.39. The molecule has 2 aromatic heterocycles. The highest BCUT2D eigenvalue weighted by molar-refractivity contribution is 5.56. The first-order valence-corrected chi connectivity index (χ1v) is 6.56. The molecule has 5 heteroatoms. The van der Waals surface area contributed by atoms with Gasteiger partial charge in [-0.1, -0.05) is 6.07 Å². The van der Waals surface area contributed by atoms with E-state index in [9.17, 15) is 0 Å². The van der Waals surface area contributed by atoms with E-state index in [-0.39, 0.29) is 6.04 Å². The van der Waals surface area contributed by atoms with Crippen molar-refractivity contribution in [3.8, 4) is 0 Å². The first kappa shape index (κ1) is 13.8. The van der Waals surface area contributed by atoms with E-state index in [1.165, 1.54) is 0 Å². The molecule has 19 heavy (non-hydrogen) atoms. The van der Waals surface area contributed by atoms with E-state index < -0.39 is 0 Å². The van der Waals surface area contributed by atoms with Crippen molar-refractivity contribution >= 4 is 11.5 Å². The fourth-order valence-electron chi connectivity index (χ4n) is 2.25. The monoisotopic (exact) mass is 262 g/mol. The molecular formula is C14H22N4O. The zero-order chi connectivity index (χ0) is 13.8. The lowest BCUT2D eigenvalue weighted by molar-refractivity contribution is 0.183. The molecule has 2 heterocycles. The molecule has 0 aliphatic heterocycles. The largest absolute Gasteiger partial charge is 0.383 e. The van der Waals surface area contributed by atoms with Crippen molar-refractivity contribution in [1.82, 2.24) is 9.38 Å². The van der Waals surface area contributed by atoms with Gasteiger partial charge >= 0.3 is 0 Å². The number of imidazole rings is 1. The average Bonchev–Trinajstić information content (AvgIpc) is 2.78. The van der Waals surface area contributed by atoms with Gasteiger partial charge in [-0.25, -0.2) is 4.98 Å². The Kier molecular flexibility index (Phi) is 4.39. The van der Waals surface area contributed by atoms with E-state index in [2.05, 4.69) is 16.2 Å². The minimum absolute atomic E-state index is 0.270. The summed E-state index contributed by atoms with van der Waals surface area (Å²) in [7, 11) is 3.76. The molecule has 0 aromatic carbocycles. The van der Waals surface area contributed by atoms with Gasteiger partial charge < -0.3 is 19.8 Å². The van der Waals surface area contributed by atoms with E-state index in [1.807, 2.05) is 31.4 Å². The number of ether oxygens (including phenoxy) is 1. The second-order valence-electron chi connectivity index (χ2n) is 4.76. The number of hydrogen-bond donors (Lipinski definition) is 1. The Hall–Kier alpha value is -1.59. The third kappa shape index (κ3) is 2.72. The summed E-state index contributed by atoms with van der Waals surface area (Å²) in [6.07, 6.45) is 2.84. The van der Waals surface area contributed by atoms with E-state index >= 15 is 0 Å². The number of aromatic nitrogens is 2. The minimum atomic E-state index is 0.270. The number of hydrogen-bond acceptors (Lipinski definition) is 4. The summed E-state index contributed by atoms with van der Waals surface area (Å²) < 4.78 is 7.33. The Morgan fingerprint density at radius 1 is 1.47 bits per heavy atom. The van der Waals surface area contributed by atoms with E-state index in [0.717, 1.165) is 23.6 Å². The van der Waals surface area contributed by atoms with Gasteiger partial charge in [0.25, 0.3) is 0 Å². The first-order valence-electron chi connectivity index (χ1n) is 6.56. The van der Waals surface area contributed by atoms with Crippen LogP contribution in [0.1, 0.15) is 12.6 Å². The third-order valence-corrected chi connectivity index (χ3v) is 3.39. The molecule has 1 atom stereocenters. The lowest BCUT2D eigenvalue weighted by Gasteiger charge is -2.25. The molecule has 2 aromatic rings. The zero-order valence-corrected chi connectivity index (χ0v) is 11.8. The van der Waals surface area contributed by atoms with Crippen molar-refractivity contribution < 1.29 is 4.74 Å². The number of nitrogens with two attached hydrogens (primary N) is 1. The van der Waals surface area contributed by atoms with E-state index in [1.54, 1.807) is 7.11 Å². The van der Waals surface area contributed by atoms with Gasteiger partial charge in [0.1, 0.15) is 5.65 Å². The Morgan fingerprint density at radius 3 is 2.95 bits per heavy atom. The summed E-state index contributed by atoms with van der Waals surface area (Å²) in [5.41, 5.74) is 7.84. The molecule has 0 amide bonds. The molecule has 0 fully saturated rings. The molecule has 104 valence electrons. The van der Waals surface area contributed by atoms with Crippen molar-refractivity contribution in [1.29, 1.82) is 0 Å². The molecule has 2 N–H and O–H groups in total. The molecule has 0 bridgehead atoms. The van der Waals surface area contributed by atoms with Gasteiger partial charge in [-0.3, -0.25) is 0 Å². The second kappa shape index (κ2) is 6.04. The van der Waals surface area contributed by atoms with Gasteiger partial charge in [-0.05, 0) is 25.6 Å². The van der Waals surface area contributed by atoms with Crippen molar-refractivity contribution in [2.45, 2.75) is 19.4 Å². The quantitative estimate of drug-likeness (QED) is 0.852. The summed E-state index contributed by atoms with van der Waals surface area (Å²) in [4.78, 5) is 6.87. The number of anilines is 1. The maximum absolute atomic E-state index is 5.73. The zero-order valence-electron chi connectivity index (χ0n) is 11.8. The molecule has 0 aliphatic carbocycles. The smallest absolute Gasteiger partial charge is 0.151 e. The highest BCUT2D eigenvalue weighted by atomic mass is 16.5. The highest BCUT2D eigenvalue weighted by Gasteiger charge is 2.18. The molecule has 0 saturated heterocycles. The molecule has 1 unspecified atom stereocenters. The predicted octanol–water partition coefficient (Wildman–Crippen LogP) is 1.31. The van der Waals surface area contributed by atoms with Gasteiger partial charge in [0.05, 0.1) is 18.3 Å². The average molecular weight is 262 g/mol. The summed E-state index contributed by atoms with van der Waals surface area (Å²) in [5, 5.41) is 0. The van der Waals surface area contributed by atoms with Crippen molar-refractivity contribution in [2.75, 3.05) is 32.2 Å². The summed E-state index contributed by atoms with van der Waals surface area (Å²) in [6.45, 7) is 3.41. The van der Waals surface area contributed by atoms with Crippen LogP contribution in [0.3, 0.4) is 0 Å². The van der Waals surface area contributed by atoms with Gasteiger partial charge in [-0.2, -0.15) is 0 Å². The maximum atomic E-state index is 5.73. The predicted molar refractivity (Wildman–Crippen MR) is 77.7 cm³/mol. The number of rotatable bonds is 6. The normalized spacial score (nSPS) is 12.8. The molecule has 0 aliphatic rings. The van der Waals surface area contributed by atoms with E-state index in [0.29, 0.717) is 13.2 Å². The molecule has 0 saturated carbocycles. The fraction of sp³-hybridized carbons (Fsp3) is 0.500. The lowest BCUT2D eigenvalue weighted by Crippen LogP contribution is -2.33. The molecule has 0 radical (unpaired) electrons. The van der Waals surface area contributed by atoms with Crippen LogP contribution in [0.4, 0.5) is 5.82 Å². The van der Waals surface area contributed by atoms with Crippen molar-refractivity contribution in [3.05, 3.63) is 30.1 Å². The van der Waals surface area contributed by atoms with Crippen LogP contribution in [0.25, 0.3) is 5.65 Å². The van der Waals surface area contributed by atoms with Crippen LogP contribution < -0.4 is 10.6 Å². The number of methoxy groups -OCH3 is 1. The Labute approximate surface area is 114 Å².